The number of aromatic nitrogens is 4. The summed E-state index contributed by atoms with van der Waals surface area (Å²) < 4.78 is 29.4. The summed E-state index contributed by atoms with van der Waals surface area (Å²) in [4.78, 5) is 2.19. The molecule has 0 unspecified atom stereocenters. The van der Waals surface area contributed by atoms with Crippen LogP contribution in [-0.2, 0) is 4.74 Å². The molecule has 2 fully saturated rings. The molecule has 10 heteroatoms. The van der Waals surface area contributed by atoms with Gasteiger partial charge in [-0.05, 0) is 49.1 Å². The zero-order valence-corrected chi connectivity index (χ0v) is 19.9. The summed E-state index contributed by atoms with van der Waals surface area (Å²) >= 11 is 0. The Labute approximate surface area is 203 Å². The number of alkyl halides is 1. The molecule has 3 aromatic rings. The number of halogens is 1. The van der Waals surface area contributed by atoms with Crippen LogP contribution in [0.25, 0.3) is 22.4 Å². The molecule has 1 N–H and O–H groups in total. The minimum Gasteiger partial charge on any atom is -0.480 e. The molecule has 3 heterocycles. The van der Waals surface area contributed by atoms with Gasteiger partial charge in [-0.2, -0.15) is 5.10 Å². The van der Waals surface area contributed by atoms with Crippen molar-refractivity contribution in [2.24, 2.45) is 0 Å². The lowest BCUT2D eigenvalue weighted by Crippen LogP contribution is -2.43. The van der Waals surface area contributed by atoms with Crippen LogP contribution in [0, 0.1) is 0 Å². The third-order valence-corrected chi connectivity index (χ3v) is 6.55. The van der Waals surface area contributed by atoms with Crippen LogP contribution in [0.1, 0.15) is 19.3 Å². The average molecular weight is 481 g/mol. The Balaban J connectivity index is 1.34. The first kappa shape index (κ1) is 23.4. The van der Waals surface area contributed by atoms with Gasteiger partial charge in [-0.15, -0.1) is 15.3 Å². The molecule has 0 amide bonds. The minimum atomic E-state index is -0.296. The number of nitrogens with one attached hydrogen (secondary N) is 1. The Morgan fingerprint density at radius 2 is 1.97 bits per heavy atom. The number of methoxy groups -OCH3 is 2. The Morgan fingerprint density at radius 3 is 2.69 bits per heavy atom. The van der Waals surface area contributed by atoms with E-state index >= 15 is 0 Å². The van der Waals surface area contributed by atoms with Crippen LogP contribution in [0.4, 0.5) is 10.2 Å². The molecular formula is C25H29FN6O3. The highest BCUT2D eigenvalue weighted by atomic mass is 19.1. The van der Waals surface area contributed by atoms with Crippen LogP contribution < -0.4 is 19.7 Å². The van der Waals surface area contributed by atoms with Crippen LogP contribution >= 0.6 is 0 Å². The summed E-state index contributed by atoms with van der Waals surface area (Å²) in [5, 5.41) is 20.4. The molecule has 5 rings (SSSR count). The van der Waals surface area contributed by atoms with Gasteiger partial charge in [0, 0.05) is 49.0 Å². The average Bonchev–Trinajstić information content (AvgIpc) is 3.54. The molecule has 2 aliphatic rings. The van der Waals surface area contributed by atoms with E-state index in [0.29, 0.717) is 17.3 Å². The fraction of sp³-hybridized carbons (Fsp3) is 0.440. The Kier molecular flexibility index (Phi) is 6.74. The lowest BCUT2D eigenvalue weighted by Gasteiger charge is -2.21. The van der Waals surface area contributed by atoms with Crippen molar-refractivity contribution in [3.63, 3.8) is 0 Å². The number of rotatable bonds is 10. The van der Waals surface area contributed by atoms with E-state index in [4.69, 9.17) is 14.2 Å². The van der Waals surface area contributed by atoms with E-state index in [1.165, 1.54) is 0 Å². The number of anilines is 1. The maximum absolute atomic E-state index is 13.3. The summed E-state index contributed by atoms with van der Waals surface area (Å²) in [5.74, 6) is 1.87. The zero-order valence-electron chi connectivity index (χ0n) is 19.9. The molecule has 1 aliphatic carbocycles. The van der Waals surface area contributed by atoms with Crippen molar-refractivity contribution in [3.05, 3.63) is 42.6 Å². The Bertz CT molecular complexity index is 1160. The maximum Gasteiger partial charge on any atom is 0.233 e. The van der Waals surface area contributed by atoms with Gasteiger partial charge >= 0.3 is 0 Å². The second kappa shape index (κ2) is 10.1. The molecule has 1 saturated carbocycles. The normalized spacial score (nSPS) is 18.5. The first-order valence-electron chi connectivity index (χ1n) is 11.7. The third kappa shape index (κ3) is 5.18. The molecule has 1 aliphatic heterocycles. The molecule has 1 saturated heterocycles. The summed E-state index contributed by atoms with van der Waals surface area (Å²) in [5.41, 5.74) is 2.97. The third-order valence-electron chi connectivity index (χ3n) is 6.55. The van der Waals surface area contributed by atoms with Crippen molar-refractivity contribution in [1.82, 2.24) is 25.7 Å². The summed E-state index contributed by atoms with van der Waals surface area (Å²) in [6.07, 6.45) is 4.48. The van der Waals surface area contributed by atoms with Gasteiger partial charge in [0.05, 0.1) is 19.0 Å². The maximum atomic E-state index is 13.3. The Morgan fingerprint density at radius 1 is 1.09 bits per heavy atom. The molecular weight excluding hydrogens is 451 g/mol. The lowest BCUT2D eigenvalue weighted by atomic mass is 10.0. The number of nitrogens with zero attached hydrogens (tertiary/aromatic N) is 5. The smallest absolute Gasteiger partial charge is 0.233 e. The number of hydrogen-bond donors (Lipinski definition) is 1. The number of benzene rings is 1. The highest BCUT2D eigenvalue weighted by molar-refractivity contribution is 5.74. The molecule has 1 atom stereocenters. The first-order chi connectivity index (χ1) is 17.1. The first-order valence-corrected chi connectivity index (χ1v) is 11.7. The van der Waals surface area contributed by atoms with E-state index in [9.17, 15) is 4.39 Å². The molecule has 9 nitrogen and oxygen atoms in total. The quantitative estimate of drug-likeness (QED) is 0.439. The molecule has 0 spiro atoms. The van der Waals surface area contributed by atoms with Crippen molar-refractivity contribution in [2.75, 3.05) is 45.7 Å². The topological polar surface area (TPSA) is 94.5 Å². The standard InChI is InChI=1S/C25H29FN6O3/c1-33-16-35-22-11-17(18-12-24(34-2)31-27-13-18)3-4-20(22)21-5-6-23(30-29-21)32-10-7-19(14-32)28-25(15-26)8-9-25/h3-6,11-13,19,28H,7-10,14-16H2,1-2H3/t19-/m1/s1. The molecule has 2 aromatic heterocycles. The van der Waals surface area contributed by atoms with Gasteiger partial charge in [0.1, 0.15) is 12.4 Å². The van der Waals surface area contributed by atoms with Gasteiger partial charge in [-0.25, -0.2) is 4.39 Å². The predicted molar refractivity (Wildman–Crippen MR) is 129 cm³/mol. The minimum absolute atomic E-state index is 0.0996. The molecule has 35 heavy (non-hydrogen) atoms. The van der Waals surface area contributed by atoms with Gasteiger partial charge in [0.15, 0.2) is 12.6 Å². The zero-order chi connectivity index (χ0) is 24.3. The second-order valence-corrected chi connectivity index (χ2v) is 9.02. The molecule has 1 aromatic carbocycles. The van der Waals surface area contributed by atoms with Gasteiger partial charge in [-0.1, -0.05) is 6.07 Å². The van der Waals surface area contributed by atoms with Crippen molar-refractivity contribution in [2.45, 2.75) is 30.8 Å². The molecule has 184 valence electrons. The largest absolute Gasteiger partial charge is 0.480 e. The summed E-state index contributed by atoms with van der Waals surface area (Å²) in [6, 6.07) is 11.8. The van der Waals surface area contributed by atoms with Crippen molar-refractivity contribution in [3.8, 4) is 34.0 Å². The predicted octanol–water partition coefficient (Wildman–Crippen LogP) is 3.26. The Hall–Kier alpha value is -3.37. The number of ether oxygens (including phenoxy) is 3. The van der Waals surface area contributed by atoms with E-state index in [0.717, 1.165) is 54.9 Å². The monoisotopic (exact) mass is 480 g/mol. The second-order valence-electron chi connectivity index (χ2n) is 9.02. The van der Waals surface area contributed by atoms with Crippen LogP contribution in [0.5, 0.6) is 11.6 Å². The highest BCUT2D eigenvalue weighted by Gasteiger charge is 2.45. The summed E-state index contributed by atoms with van der Waals surface area (Å²) in [7, 11) is 3.13. The van der Waals surface area contributed by atoms with E-state index in [-0.39, 0.29) is 25.0 Å². The van der Waals surface area contributed by atoms with Gasteiger partial charge in [0.25, 0.3) is 0 Å². The lowest BCUT2D eigenvalue weighted by molar-refractivity contribution is 0.0515. The fourth-order valence-corrected chi connectivity index (χ4v) is 4.38. The van der Waals surface area contributed by atoms with Crippen molar-refractivity contribution < 1.29 is 18.6 Å². The van der Waals surface area contributed by atoms with E-state index in [2.05, 4.69) is 30.6 Å². The van der Waals surface area contributed by atoms with E-state index < -0.39 is 0 Å². The van der Waals surface area contributed by atoms with Crippen LogP contribution in [0.2, 0.25) is 0 Å². The SMILES string of the molecule is COCOc1cc(-c2cnnc(OC)c2)ccc1-c1ccc(N2CC[C@@H](NC3(CF)CC3)C2)nn1. The van der Waals surface area contributed by atoms with Crippen molar-refractivity contribution >= 4 is 5.82 Å². The van der Waals surface area contributed by atoms with Gasteiger partial charge in [0.2, 0.25) is 5.88 Å². The van der Waals surface area contributed by atoms with Crippen LogP contribution in [0.3, 0.4) is 0 Å². The fourth-order valence-electron chi connectivity index (χ4n) is 4.38. The van der Waals surface area contributed by atoms with Crippen LogP contribution in [0.15, 0.2) is 42.6 Å². The number of hydrogen-bond acceptors (Lipinski definition) is 9. The van der Waals surface area contributed by atoms with E-state index in [1.807, 2.05) is 36.4 Å². The van der Waals surface area contributed by atoms with Gasteiger partial charge < -0.3 is 24.4 Å². The van der Waals surface area contributed by atoms with Crippen molar-refractivity contribution in [1.29, 1.82) is 0 Å². The van der Waals surface area contributed by atoms with Gasteiger partial charge in [-0.3, -0.25) is 0 Å². The molecule has 0 radical (unpaired) electrons. The highest BCUT2D eigenvalue weighted by Crippen LogP contribution is 2.37. The van der Waals surface area contributed by atoms with E-state index in [1.54, 1.807) is 20.4 Å². The molecule has 0 bridgehead atoms. The summed E-state index contributed by atoms with van der Waals surface area (Å²) in [6.45, 7) is 1.47. The van der Waals surface area contributed by atoms with Crippen LogP contribution in [-0.4, -0.2) is 72.8 Å².